The van der Waals surface area contributed by atoms with Gasteiger partial charge >= 0.3 is 0 Å². The molecule has 0 saturated heterocycles. The molecule has 2 heterocycles. The van der Waals surface area contributed by atoms with E-state index in [1.54, 1.807) is 30.6 Å². The molecule has 35 heavy (non-hydrogen) atoms. The SMILES string of the molecule is COCc1c(C(=O)Nc2c(-c3ccc(F)cc3)ncn2Cc2ccccc2)sc2cccc(F)c12. The van der Waals surface area contributed by atoms with Crippen LogP contribution in [0.3, 0.4) is 0 Å². The summed E-state index contributed by atoms with van der Waals surface area (Å²) < 4.78 is 35.9. The number of carbonyl (C=O) groups excluding carboxylic acids is 1. The summed E-state index contributed by atoms with van der Waals surface area (Å²) in [6.45, 7) is 0.564. The first-order valence-electron chi connectivity index (χ1n) is 10.9. The number of hydrogen-bond acceptors (Lipinski definition) is 4. The third-order valence-electron chi connectivity index (χ3n) is 5.64. The third-order valence-corrected chi connectivity index (χ3v) is 6.84. The second-order valence-corrected chi connectivity index (χ2v) is 9.02. The van der Waals surface area contributed by atoms with E-state index in [1.165, 1.54) is 36.6 Å². The number of fused-ring (bicyclic) bond motifs is 1. The zero-order chi connectivity index (χ0) is 24.4. The van der Waals surface area contributed by atoms with Gasteiger partial charge in [-0.3, -0.25) is 4.79 Å². The van der Waals surface area contributed by atoms with Crippen molar-refractivity contribution >= 4 is 33.1 Å². The summed E-state index contributed by atoms with van der Waals surface area (Å²) in [6.07, 6.45) is 1.64. The van der Waals surface area contributed by atoms with Crippen LogP contribution in [0.4, 0.5) is 14.6 Å². The molecule has 0 aliphatic heterocycles. The van der Waals surface area contributed by atoms with Gasteiger partial charge < -0.3 is 14.6 Å². The van der Waals surface area contributed by atoms with Gasteiger partial charge in [-0.25, -0.2) is 13.8 Å². The average molecular weight is 490 g/mol. The van der Waals surface area contributed by atoms with E-state index in [4.69, 9.17) is 4.74 Å². The van der Waals surface area contributed by atoms with Crippen molar-refractivity contribution in [3.8, 4) is 11.3 Å². The van der Waals surface area contributed by atoms with Crippen LogP contribution in [0.25, 0.3) is 21.3 Å². The number of rotatable bonds is 7. The first-order valence-corrected chi connectivity index (χ1v) is 11.7. The molecule has 176 valence electrons. The predicted molar refractivity (Wildman–Crippen MR) is 134 cm³/mol. The van der Waals surface area contributed by atoms with E-state index in [2.05, 4.69) is 10.3 Å². The minimum Gasteiger partial charge on any atom is -0.380 e. The Morgan fingerprint density at radius 1 is 1.03 bits per heavy atom. The van der Waals surface area contributed by atoms with E-state index in [-0.39, 0.29) is 12.4 Å². The van der Waals surface area contributed by atoms with Crippen LogP contribution in [-0.4, -0.2) is 22.6 Å². The Morgan fingerprint density at radius 3 is 2.54 bits per heavy atom. The number of nitrogens with zero attached hydrogens (tertiary/aromatic N) is 2. The normalized spacial score (nSPS) is 11.2. The molecule has 1 amide bonds. The molecular weight excluding hydrogens is 468 g/mol. The Kier molecular flexibility index (Phi) is 6.39. The Hall–Kier alpha value is -3.88. The van der Waals surface area contributed by atoms with Gasteiger partial charge in [0.05, 0.1) is 24.4 Å². The fraction of sp³-hybridized carbons (Fsp3) is 0.111. The van der Waals surface area contributed by atoms with Crippen molar-refractivity contribution in [2.45, 2.75) is 13.2 Å². The van der Waals surface area contributed by atoms with Crippen LogP contribution in [0.1, 0.15) is 20.8 Å². The Labute approximate surface area is 204 Å². The number of methoxy groups -OCH3 is 1. The lowest BCUT2D eigenvalue weighted by molar-refractivity contribution is 0.102. The molecule has 0 spiro atoms. The van der Waals surface area contributed by atoms with Crippen LogP contribution in [-0.2, 0) is 17.9 Å². The van der Waals surface area contributed by atoms with Gasteiger partial charge in [0.1, 0.15) is 23.1 Å². The number of imidazole rings is 1. The first-order chi connectivity index (χ1) is 17.0. The van der Waals surface area contributed by atoms with Crippen molar-refractivity contribution in [2.75, 3.05) is 12.4 Å². The van der Waals surface area contributed by atoms with Gasteiger partial charge in [-0.05, 0) is 42.0 Å². The van der Waals surface area contributed by atoms with E-state index in [0.717, 1.165) is 5.56 Å². The lowest BCUT2D eigenvalue weighted by atomic mass is 10.1. The maximum atomic E-state index is 14.6. The maximum absolute atomic E-state index is 14.6. The van der Waals surface area contributed by atoms with Crippen LogP contribution in [0.5, 0.6) is 0 Å². The number of anilines is 1. The third kappa shape index (κ3) is 4.58. The number of aromatic nitrogens is 2. The lowest BCUT2D eigenvalue weighted by Gasteiger charge is -2.12. The van der Waals surface area contributed by atoms with E-state index >= 15 is 0 Å². The van der Waals surface area contributed by atoms with E-state index in [0.29, 0.717) is 44.1 Å². The quantitative estimate of drug-likeness (QED) is 0.284. The fourth-order valence-corrected chi connectivity index (χ4v) is 5.15. The topological polar surface area (TPSA) is 56.1 Å². The van der Waals surface area contributed by atoms with Crippen LogP contribution in [0, 0.1) is 11.6 Å². The molecular formula is C27H21F2N3O2S. The highest BCUT2D eigenvalue weighted by Crippen LogP contribution is 2.35. The Bertz CT molecular complexity index is 1490. The number of thiophene rings is 1. The number of carbonyl (C=O) groups is 1. The van der Waals surface area contributed by atoms with Gasteiger partial charge in [-0.2, -0.15) is 0 Å². The number of benzene rings is 3. The summed E-state index contributed by atoms with van der Waals surface area (Å²) in [5, 5.41) is 3.38. The molecule has 0 bridgehead atoms. The number of ether oxygens (including phenoxy) is 1. The van der Waals surface area contributed by atoms with Crippen LogP contribution in [0.2, 0.25) is 0 Å². The van der Waals surface area contributed by atoms with E-state index in [9.17, 15) is 13.6 Å². The molecule has 0 atom stereocenters. The largest absolute Gasteiger partial charge is 0.380 e. The van der Waals surface area contributed by atoms with Gasteiger partial charge in [-0.15, -0.1) is 11.3 Å². The van der Waals surface area contributed by atoms with Crippen LogP contribution >= 0.6 is 11.3 Å². The summed E-state index contributed by atoms with van der Waals surface area (Å²) >= 11 is 1.21. The molecule has 5 aromatic rings. The molecule has 8 heteroatoms. The second-order valence-electron chi connectivity index (χ2n) is 7.97. The highest BCUT2D eigenvalue weighted by molar-refractivity contribution is 7.21. The highest BCUT2D eigenvalue weighted by atomic mass is 32.1. The molecule has 5 rings (SSSR count). The highest BCUT2D eigenvalue weighted by Gasteiger charge is 2.23. The number of halogens is 2. The van der Waals surface area contributed by atoms with Crippen molar-refractivity contribution in [3.63, 3.8) is 0 Å². The van der Waals surface area contributed by atoms with Crippen LogP contribution in [0.15, 0.2) is 79.1 Å². The monoisotopic (exact) mass is 489 g/mol. The Balaban J connectivity index is 1.57. The van der Waals surface area contributed by atoms with Crippen molar-refractivity contribution in [1.29, 1.82) is 0 Å². The summed E-state index contributed by atoms with van der Waals surface area (Å²) in [6, 6.07) is 20.5. The van der Waals surface area contributed by atoms with Gasteiger partial charge in [0.25, 0.3) is 5.91 Å². The molecule has 5 nitrogen and oxygen atoms in total. The molecule has 3 aromatic carbocycles. The van der Waals surface area contributed by atoms with Crippen molar-refractivity contribution < 1.29 is 18.3 Å². The molecule has 1 N–H and O–H groups in total. The number of hydrogen-bond donors (Lipinski definition) is 1. The zero-order valence-electron chi connectivity index (χ0n) is 18.8. The van der Waals surface area contributed by atoms with Gasteiger partial charge in [-0.1, -0.05) is 36.4 Å². The predicted octanol–water partition coefficient (Wildman–Crippen LogP) is 6.49. The molecule has 0 radical (unpaired) electrons. The number of amides is 1. The minimum atomic E-state index is -0.397. The number of nitrogens with one attached hydrogen (secondary N) is 1. The van der Waals surface area contributed by atoms with E-state index < -0.39 is 11.7 Å². The minimum absolute atomic E-state index is 0.0950. The fourth-order valence-electron chi connectivity index (χ4n) is 4.03. The molecule has 0 aliphatic rings. The van der Waals surface area contributed by atoms with Gasteiger partial charge in [0, 0.05) is 28.3 Å². The standard InChI is InChI=1S/C27H21F2N3O2S/c1-34-15-20-23-21(29)8-5-9-22(23)35-25(20)27(33)31-26-24(18-10-12-19(28)13-11-18)30-16-32(26)14-17-6-3-2-4-7-17/h2-13,16H,14-15H2,1H3,(H,31,33). The Morgan fingerprint density at radius 2 is 1.80 bits per heavy atom. The zero-order valence-corrected chi connectivity index (χ0v) is 19.6. The molecule has 0 fully saturated rings. The average Bonchev–Trinajstić information content (AvgIpc) is 3.43. The summed E-state index contributed by atoms with van der Waals surface area (Å²) in [5.41, 5.74) is 2.69. The van der Waals surface area contributed by atoms with Crippen molar-refractivity contribution in [1.82, 2.24) is 9.55 Å². The molecule has 0 saturated carbocycles. The smallest absolute Gasteiger partial charge is 0.267 e. The maximum Gasteiger partial charge on any atom is 0.267 e. The summed E-state index contributed by atoms with van der Waals surface area (Å²) in [5.74, 6) is -0.687. The molecule has 0 unspecified atom stereocenters. The van der Waals surface area contributed by atoms with Gasteiger partial charge in [0.15, 0.2) is 0 Å². The second kappa shape index (κ2) is 9.77. The first kappa shape index (κ1) is 22.9. The lowest BCUT2D eigenvalue weighted by Crippen LogP contribution is -2.16. The van der Waals surface area contributed by atoms with Crippen LogP contribution < -0.4 is 5.32 Å². The molecule has 2 aromatic heterocycles. The molecule has 0 aliphatic carbocycles. The van der Waals surface area contributed by atoms with Gasteiger partial charge in [0.2, 0.25) is 0 Å². The van der Waals surface area contributed by atoms with E-state index in [1.807, 2.05) is 34.9 Å². The van der Waals surface area contributed by atoms with Crippen molar-refractivity contribution in [3.05, 3.63) is 107 Å². The summed E-state index contributed by atoms with van der Waals surface area (Å²) in [4.78, 5) is 18.4. The van der Waals surface area contributed by atoms with Crippen molar-refractivity contribution in [2.24, 2.45) is 0 Å². The summed E-state index contributed by atoms with van der Waals surface area (Å²) in [7, 11) is 1.51.